The van der Waals surface area contributed by atoms with Crippen molar-refractivity contribution in [3.8, 4) is 0 Å². The molecule has 1 N–H and O–H groups in total. The van der Waals surface area contributed by atoms with Gasteiger partial charge in [0, 0.05) is 5.56 Å². The van der Waals surface area contributed by atoms with Gasteiger partial charge in [0.2, 0.25) is 0 Å². The lowest BCUT2D eigenvalue weighted by molar-refractivity contribution is -0.332. The fraction of sp³-hybridized carbons (Fsp3) is 0.411. The molecule has 6 aromatic rings. The van der Waals surface area contributed by atoms with E-state index >= 15 is 0 Å². The van der Waals surface area contributed by atoms with Crippen molar-refractivity contribution < 1.29 is 57.1 Å². The van der Waals surface area contributed by atoms with Gasteiger partial charge in [-0.2, -0.15) is 0 Å². The van der Waals surface area contributed by atoms with Gasteiger partial charge in [-0.3, -0.25) is 23.7 Å². The summed E-state index contributed by atoms with van der Waals surface area (Å²) in [6.45, 7) is 10.4. The lowest BCUT2D eigenvalue weighted by Gasteiger charge is -2.46. The first kappa shape index (κ1) is 52.4. The molecule has 0 aliphatic carbocycles. The summed E-state index contributed by atoms with van der Waals surface area (Å²) >= 11 is 0. The highest BCUT2D eigenvalue weighted by molar-refractivity contribution is 6.06. The Labute approximate surface area is 424 Å². The van der Waals surface area contributed by atoms with Crippen LogP contribution in [0.2, 0.25) is 0 Å². The summed E-state index contributed by atoms with van der Waals surface area (Å²) in [6.07, 6.45) is -6.71. The minimum Gasteiger partial charge on any atom is -0.455 e. The Morgan fingerprint density at radius 2 is 1.14 bits per heavy atom. The van der Waals surface area contributed by atoms with E-state index in [4.69, 9.17) is 37.9 Å². The number of carbonyl (C=O) groups excluding carboxylic acids is 4. The normalized spacial score (nSPS) is 22.9. The minimum absolute atomic E-state index is 0.0152. The molecule has 4 aromatic carbocycles. The Morgan fingerprint density at radius 1 is 0.589 bits per heavy atom. The Balaban J connectivity index is 1.21. The van der Waals surface area contributed by atoms with E-state index in [1.165, 1.54) is 12.7 Å². The number of nitrogens with zero attached hydrogens (tertiary/aromatic N) is 4. The molecule has 0 saturated carbocycles. The van der Waals surface area contributed by atoms with Gasteiger partial charge in [0.15, 0.2) is 47.8 Å². The maximum atomic E-state index is 14.0. The molecule has 8 rings (SSSR count). The van der Waals surface area contributed by atoms with Crippen LogP contribution in [0.3, 0.4) is 0 Å². The van der Waals surface area contributed by atoms with Gasteiger partial charge in [-0.05, 0) is 41.7 Å². The number of aromatic nitrogens is 4. The largest absolute Gasteiger partial charge is 0.455 e. The second-order valence-electron chi connectivity index (χ2n) is 19.0. The average Bonchev–Trinajstić information content (AvgIpc) is 3.98. The number of ether oxygens (including phenoxy) is 8. The third-order valence-electron chi connectivity index (χ3n) is 12.5. The molecule has 0 spiro atoms. The number of fused-ring (bicyclic) bond motifs is 1. The highest BCUT2D eigenvalue weighted by Crippen LogP contribution is 2.41. The van der Waals surface area contributed by atoms with Crippen molar-refractivity contribution in [3.05, 3.63) is 156 Å². The van der Waals surface area contributed by atoms with Gasteiger partial charge in [0.1, 0.15) is 24.6 Å². The third kappa shape index (κ3) is 13.2. The second kappa shape index (κ2) is 24.7. The first-order valence-corrected chi connectivity index (χ1v) is 24.8. The summed E-state index contributed by atoms with van der Waals surface area (Å²) in [4.78, 5) is 68.4. The zero-order chi connectivity index (χ0) is 51.4. The van der Waals surface area contributed by atoms with Crippen LogP contribution in [0, 0.1) is 17.8 Å². The molecule has 0 bridgehead atoms. The maximum absolute atomic E-state index is 14.0. The molecule has 73 heavy (non-hydrogen) atoms. The summed E-state index contributed by atoms with van der Waals surface area (Å²) in [7, 11) is 0. The van der Waals surface area contributed by atoms with Crippen LogP contribution in [0.25, 0.3) is 11.2 Å². The molecule has 1 amide bonds. The van der Waals surface area contributed by atoms with Crippen molar-refractivity contribution in [1.82, 2.24) is 19.5 Å². The summed E-state index contributed by atoms with van der Waals surface area (Å²) in [6, 6.07) is 37.5. The molecule has 2 fully saturated rings. The molecule has 384 valence electrons. The van der Waals surface area contributed by atoms with Crippen molar-refractivity contribution in [2.24, 2.45) is 17.8 Å². The third-order valence-corrected chi connectivity index (χ3v) is 12.5. The predicted molar refractivity (Wildman–Crippen MR) is 267 cm³/mol. The van der Waals surface area contributed by atoms with Crippen LogP contribution < -0.4 is 5.32 Å². The molecule has 17 heteroatoms. The Morgan fingerprint density at radius 3 is 1.74 bits per heavy atom. The molecule has 9 atom stereocenters. The van der Waals surface area contributed by atoms with E-state index < -0.39 is 96.8 Å². The SMILES string of the molecule is CC(C)C(=O)O[C@@H]1[C@@H](OCc2ccccc2)[C@@H](O[C@H]2[C@@H](OC(=O)C(C)C)[C@H](n3cnc4c(NC(=O)c5ccccc5)ncnc43)O[C@@H]2CCc2ccccc2)O[C@H](COCc2ccccc2)[C@H]1OC(=O)C(C)C. The number of anilines is 1. The summed E-state index contributed by atoms with van der Waals surface area (Å²) < 4.78 is 54.9. The Kier molecular flexibility index (Phi) is 17.7. The van der Waals surface area contributed by atoms with Crippen molar-refractivity contribution in [3.63, 3.8) is 0 Å². The molecule has 17 nitrogen and oxygen atoms in total. The standard InChI is InChI=1S/C56H63N5O12/c1-34(2)53(63)70-45-42(31-66-29-38-21-13-8-14-22-38)69-56(48(46(45)71-54(64)35(3)4)67-30-39-23-15-9-16-24-39)73-44-41(28-27-37-19-11-7-12-20-37)68-52(47(44)72-55(65)36(5)6)61-33-59-43-49(57-32-58-50(43)61)60-51(62)40-25-17-10-18-26-40/h7-26,32-36,41-42,44-48,52,56H,27-31H2,1-6H3,(H,57,58,60,62)/t41-,42-,44-,45-,46+,47-,48-,52-,56-/m1/s1. The Hall–Kier alpha value is -6.89. The highest BCUT2D eigenvalue weighted by Gasteiger charge is 2.56. The number of hydrogen-bond acceptors (Lipinski definition) is 15. The number of amides is 1. The quantitative estimate of drug-likeness (QED) is 0.0534. The van der Waals surface area contributed by atoms with E-state index in [1.807, 2.05) is 97.1 Å². The minimum atomic E-state index is -1.39. The maximum Gasteiger partial charge on any atom is 0.308 e. The summed E-state index contributed by atoms with van der Waals surface area (Å²) in [5.74, 6) is -3.62. The fourth-order valence-electron chi connectivity index (χ4n) is 8.48. The van der Waals surface area contributed by atoms with Crippen LogP contribution >= 0.6 is 0 Å². The Bertz CT molecular complexity index is 2740. The number of carbonyl (C=O) groups is 4. The number of aryl methyl sites for hydroxylation is 1. The van der Waals surface area contributed by atoms with Crippen LogP contribution in [-0.2, 0) is 71.9 Å². The van der Waals surface area contributed by atoms with Gasteiger partial charge in [-0.15, -0.1) is 0 Å². The fourth-order valence-corrected chi connectivity index (χ4v) is 8.48. The molecule has 0 radical (unpaired) electrons. The topological polar surface area (TPSA) is 198 Å². The predicted octanol–water partition coefficient (Wildman–Crippen LogP) is 8.22. The monoisotopic (exact) mass is 997 g/mol. The van der Waals surface area contributed by atoms with Crippen LogP contribution in [0.5, 0.6) is 0 Å². The van der Waals surface area contributed by atoms with Gasteiger partial charge >= 0.3 is 17.9 Å². The van der Waals surface area contributed by atoms with Gasteiger partial charge in [0.25, 0.3) is 5.91 Å². The number of esters is 3. The van der Waals surface area contributed by atoms with Crippen LogP contribution in [0.1, 0.15) is 81.2 Å². The molecule has 2 aliphatic heterocycles. The van der Waals surface area contributed by atoms with Crippen LogP contribution in [-0.4, -0.2) is 99.0 Å². The molecule has 2 saturated heterocycles. The number of nitrogens with one attached hydrogen (secondary N) is 1. The van der Waals surface area contributed by atoms with Gasteiger partial charge < -0.3 is 43.2 Å². The number of hydrogen-bond donors (Lipinski definition) is 1. The van der Waals surface area contributed by atoms with Crippen molar-refractivity contribution in [1.29, 1.82) is 0 Å². The van der Waals surface area contributed by atoms with Crippen molar-refractivity contribution in [2.45, 2.75) is 123 Å². The number of imidazole rings is 1. The van der Waals surface area contributed by atoms with Crippen molar-refractivity contribution in [2.75, 3.05) is 11.9 Å². The van der Waals surface area contributed by atoms with Crippen molar-refractivity contribution >= 4 is 40.8 Å². The van der Waals surface area contributed by atoms with E-state index in [9.17, 15) is 19.2 Å². The van der Waals surface area contributed by atoms with E-state index in [2.05, 4.69) is 20.3 Å². The second-order valence-corrected chi connectivity index (χ2v) is 19.0. The van der Waals surface area contributed by atoms with Gasteiger partial charge in [0.05, 0.1) is 50.0 Å². The highest BCUT2D eigenvalue weighted by atomic mass is 16.7. The van der Waals surface area contributed by atoms with Crippen LogP contribution in [0.4, 0.5) is 5.82 Å². The van der Waals surface area contributed by atoms with E-state index in [-0.39, 0.29) is 36.8 Å². The summed E-state index contributed by atoms with van der Waals surface area (Å²) in [5, 5.41) is 2.85. The number of rotatable bonds is 21. The zero-order valence-electron chi connectivity index (χ0n) is 41.9. The molecule has 0 unspecified atom stereocenters. The molecular weight excluding hydrogens is 935 g/mol. The smallest absolute Gasteiger partial charge is 0.308 e. The van der Waals surface area contributed by atoms with Gasteiger partial charge in [-0.25, -0.2) is 15.0 Å². The lowest BCUT2D eigenvalue weighted by atomic mass is 9.96. The molecule has 2 aromatic heterocycles. The average molecular weight is 998 g/mol. The number of benzene rings is 4. The lowest BCUT2D eigenvalue weighted by Crippen LogP contribution is -2.64. The first-order valence-electron chi connectivity index (χ1n) is 24.8. The van der Waals surface area contributed by atoms with Gasteiger partial charge in [-0.1, -0.05) is 151 Å². The van der Waals surface area contributed by atoms with E-state index in [0.717, 1.165) is 16.7 Å². The first-order chi connectivity index (χ1) is 35.3. The van der Waals surface area contributed by atoms with E-state index in [1.54, 1.807) is 70.4 Å². The summed E-state index contributed by atoms with van der Waals surface area (Å²) in [5.41, 5.74) is 3.66. The molecule has 2 aliphatic rings. The van der Waals surface area contributed by atoms with E-state index in [0.29, 0.717) is 18.4 Å². The zero-order valence-corrected chi connectivity index (χ0v) is 41.9. The molecular formula is C56H63N5O12. The molecule has 4 heterocycles. The van der Waals surface area contributed by atoms with Crippen LogP contribution in [0.15, 0.2) is 134 Å².